The van der Waals surface area contributed by atoms with Crippen LogP contribution in [0.2, 0.25) is 0 Å². The van der Waals surface area contributed by atoms with E-state index in [0.717, 1.165) is 42.7 Å². The van der Waals surface area contributed by atoms with E-state index in [2.05, 4.69) is 27.6 Å². The van der Waals surface area contributed by atoms with Gasteiger partial charge in [-0.05, 0) is 61.3 Å². The number of carbonyl (C=O) groups excluding carboxylic acids is 1. The first-order valence-electron chi connectivity index (χ1n) is 10.1. The van der Waals surface area contributed by atoms with E-state index in [1.54, 1.807) is 0 Å². The molecule has 1 amide bonds. The summed E-state index contributed by atoms with van der Waals surface area (Å²) in [6.45, 7) is 3.67. The first-order valence-corrected chi connectivity index (χ1v) is 10.1. The van der Waals surface area contributed by atoms with Crippen LogP contribution in [-0.4, -0.2) is 44.5 Å². The molecule has 2 aliphatic rings. The fourth-order valence-corrected chi connectivity index (χ4v) is 4.21. The SMILES string of the molecule is C[C@@H](Nc1nnc2cc(-c3ccccc3)ccn12)C(=O)N1CCC2(CC1)CC2. The Morgan fingerprint density at radius 1 is 1.04 bits per heavy atom. The summed E-state index contributed by atoms with van der Waals surface area (Å²) in [4.78, 5) is 14.8. The Morgan fingerprint density at radius 3 is 2.50 bits per heavy atom. The van der Waals surface area contributed by atoms with Crippen molar-refractivity contribution >= 4 is 17.5 Å². The molecular weight excluding hydrogens is 350 g/mol. The number of pyridine rings is 1. The highest BCUT2D eigenvalue weighted by atomic mass is 16.2. The molecule has 1 saturated heterocycles. The number of aromatic nitrogens is 3. The molecule has 1 spiro atoms. The lowest BCUT2D eigenvalue weighted by atomic mass is 9.93. The van der Waals surface area contributed by atoms with Gasteiger partial charge in [-0.15, -0.1) is 10.2 Å². The molecule has 1 aliphatic carbocycles. The minimum atomic E-state index is -0.325. The molecule has 1 aromatic carbocycles. The standard InChI is InChI=1S/C22H25N5O/c1-16(20(28)26-13-10-22(8-9-22)11-14-26)23-21-25-24-19-15-18(7-12-27(19)21)17-5-3-2-4-6-17/h2-7,12,15-16H,8-11,13-14H2,1H3,(H,23,25)/t16-/m1/s1. The van der Waals surface area contributed by atoms with Gasteiger partial charge in [0.15, 0.2) is 5.65 Å². The van der Waals surface area contributed by atoms with Crippen LogP contribution >= 0.6 is 0 Å². The van der Waals surface area contributed by atoms with Gasteiger partial charge in [0, 0.05) is 19.3 Å². The zero-order chi connectivity index (χ0) is 19.1. The third kappa shape index (κ3) is 3.13. The van der Waals surface area contributed by atoms with Gasteiger partial charge in [-0.2, -0.15) is 0 Å². The van der Waals surface area contributed by atoms with E-state index in [-0.39, 0.29) is 11.9 Å². The van der Waals surface area contributed by atoms with E-state index < -0.39 is 0 Å². The molecule has 0 radical (unpaired) electrons. The summed E-state index contributed by atoms with van der Waals surface area (Å²) < 4.78 is 1.89. The second-order valence-electron chi connectivity index (χ2n) is 8.22. The van der Waals surface area contributed by atoms with Gasteiger partial charge in [0.2, 0.25) is 11.9 Å². The number of hydrogen-bond acceptors (Lipinski definition) is 4. The third-order valence-electron chi connectivity index (χ3n) is 6.33. The van der Waals surface area contributed by atoms with Crippen LogP contribution in [0.1, 0.15) is 32.6 Å². The van der Waals surface area contributed by atoms with Crippen molar-refractivity contribution in [3.8, 4) is 11.1 Å². The molecular formula is C22H25N5O. The third-order valence-corrected chi connectivity index (χ3v) is 6.33. The fraction of sp³-hybridized carbons (Fsp3) is 0.409. The van der Waals surface area contributed by atoms with Crippen molar-refractivity contribution in [2.45, 2.75) is 38.6 Å². The van der Waals surface area contributed by atoms with Crippen molar-refractivity contribution in [3.63, 3.8) is 0 Å². The molecule has 3 aromatic rings. The molecule has 2 fully saturated rings. The van der Waals surface area contributed by atoms with Crippen LogP contribution in [0, 0.1) is 5.41 Å². The zero-order valence-corrected chi connectivity index (χ0v) is 16.1. The Balaban J connectivity index is 1.30. The first-order chi connectivity index (χ1) is 13.6. The van der Waals surface area contributed by atoms with Gasteiger partial charge >= 0.3 is 0 Å². The van der Waals surface area contributed by atoms with Crippen molar-refractivity contribution in [3.05, 3.63) is 48.7 Å². The van der Waals surface area contributed by atoms with Crippen LogP contribution in [0.25, 0.3) is 16.8 Å². The summed E-state index contributed by atoms with van der Waals surface area (Å²) in [5.74, 6) is 0.749. The van der Waals surface area contributed by atoms with Gasteiger partial charge in [-0.3, -0.25) is 9.20 Å². The number of carbonyl (C=O) groups is 1. The van der Waals surface area contributed by atoms with E-state index in [1.165, 1.54) is 12.8 Å². The van der Waals surface area contributed by atoms with Crippen LogP contribution in [0.4, 0.5) is 5.95 Å². The average Bonchev–Trinajstić information content (AvgIpc) is 3.38. The fourth-order valence-electron chi connectivity index (χ4n) is 4.21. The van der Waals surface area contributed by atoms with Gasteiger partial charge in [0.1, 0.15) is 6.04 Å². The molecule has 28 heavy (non-hydrogen) atoms. The van der Waals surface area contributed by atoms with Crippen molar-refractivity contribution < 1.29 is 4.79 Å². The lowest BCUT2D eigenvalue weighted by Crippen LogP contribution is -2.46. The second-order valence-corrected chi connectivity index (χ2v) is 8.22. The molecule has 144 valence electrons. The molecule has 1 N–H and O–H groups in total. The van der Waals surface area contributed by atoms with Crippen molar-refractivity contribution in [2.75, 3.05) is 18.4 Å². The molecule has 5 rings (SSSR count). The number of fused-ring (bicyclic) bond motifs is 1. The maximum atomic E-state index is 12.8. The quantitative estimate of drug-likeness (QED) is 0.757. The van der Waals surface area contributed by atoms with Gasteiger partial charge in [0.05, 0.1) is 0 Å². The smallest absolute Gasteiger partial charge is 0.244 e. The number of rotatable bonds is 4. The number of anilines is 1. The summed E-state index contributed by atoms with van der Waals surface area (Å²) in [5.41, 5.74) is 3.58. The van der Waals surface area contributed by atoms with Crippen molar-refractivity contribution in [1.82, 2.24) is 19.5 Å². The molecule has 0 bridgehead atoms. The van der Waals surface area contributed by atoms with Crippen LogP contribution < -0.4 is 5.32 Å². The summed E-state index contributed by atoms with van der Waals surface area (Å²) in [6.07, 6.45) is 6.96. The Labute approximate surface area is 164 Å². The highest BCUT2D eigenvalue weighted by Gasteiger charge is 2.45. The largest absolute Gasteiger partial charge is 0.342 e. The van der Waals surface area contributed by atoms with Gasteiger partial charge in [-0.25, -0.2) is 0 Å². The minimum absolute atomic E-state index is 0.146. The van der Waals surface area contributed by atoms with Crippen LogP contribution in [0.15, 0.2) is 48.7 Å². The average molecular weight is 375 g/mol. The highest BCUT2D eigenvalue weighted by Crippen LogP contribution is 2.53. The van der Waals surface area contributed by atoms with E-state index in [1.807, 2.05) is 52.8 Å². The Hall–Kier alpha value is -2.89. The second kappa shape index (κ2) is 6.62. The van der Waals surface area contributed by atoms with Gasteiger partial charge in [0.25, 0.3) is 0 Å². The number of nitrogens with one attached hydrogen (secondary N) is 1. The molecule has 3 heterocycles. The molecule has 0 unspecified atom stereocenters. The van der Waals surface area contributed by atoms with Crippen molar-refractivity contribution in [2.24, 2.45) is 5.41 Å². The molecule has 1 aliphatic heterocycles. The van der Waals surface area contributed by atoms with E-state index in [9.17, 15) is 4.79 Å². The van der Waals surface area contributed by atoms with Crippen LogP contribution in [0.3, 0.4) is 0 Å². The summed E-state index contributed by atoms with van der Waals surface area (Å²) in [5, 5.41) is 11.8. The number of nitrogens with zero attached hydrogens (tertiary/aromatic N) is 4. The van der Waals surface area contributed by atoms with Crippen LogP contribution in [-0.2, 0) is 4.79 Å². The lowest BCUT2D eigenvalue weighted by molar-refractivity contribution is -0.133. The normalized spacial score (nSPS) is 19.0. The summed E-state index contributed by atoms with van der Waals surface area (Å²) in [6, 6.07) is 13.9. The van der Waals surface area contributed by atoms with Gasteiger partial charge < -0.3 is 10.2 Å². The topological polar surface area (TPSA) is 62.5 Å². The first kappa shape index (κ1) is 17.2. The van der Waals surface area contributed by atoms with E-state index in [0.29, 0.717) is 11.4 Å². The Morgan fingerprint density at radius 2 is 1.79 bits per heavy atom. The van der Waals surface area contributed by atoms with E-state index >= 15 is 0 Å². The van der Waals surface area contributed by atoms with Gasteiger partial charge in [-0.1, -0.05) is 30.3 Å². The molecule has 2 aromatic heterocycles. The maximum Gasteiger partial charge on any atom is 0.244 e. The monoisotopic (exact) mass is 375 g/mol. The predicted octanol–water partition coefficient (Wildman–Crippen LogP) is 3.60. The number of benzene rings is 1. The van der Waals surface area contributed by atoms with E-state index in [4.69, 9.17) is 0 Å². The number of piperidine rings is 1. The Kier molecular flexibility index (Phi) is 4.07. The van der Waals surface area contributed by atoms with Crippen molar-refractivity contribution in [1.29, 1.82) is 0 Å². The molecule has 6 heteroatoms. The summed E-state index contributed by atoms with van der Waals surface area (Å²) in [7, 11) is 0. The Bertz CT molecular complexity index is 998. The summed E-state index contributed by atoms with van der Waals surface area (Å²) >= 11 is 0. The number of hydrogen-bond donors (Lipinski definition) is 1. The number of amides is 1. The minimum Gasteiger partial charge on any atom is -0.342 e. The lowest BCUT2D eigenvalue weighted by Gasteiger charge is -2.33. The molecule has 1 atom stereocenters. The maximum absolute atomic E-state index is 12.8. The molecule has 6 nitrogen and oxygen atoms in total. The molecule has 1 saturated carbocycles. The predicted molar refractivity (Wildman–Crippen MR) is 109 cm³/mol. The van der Waals surface area contributed by atoms with Crippen LogP contribution in [0.5, 0.6) is 0 Å². The zero-order valence-electron chi connectivity index (χ0n) is 16.1. The number of likely N-dealkylation sites (tertiary alicyclic amines) is 1. The highest BCUT2D eigenvalue weighted by molar-refractivity contribution is 5.84.